The van der Waals surface area contributed by atoms with Crippen LogP contribution in [-0.2, 0) is 0 Å². The van der Waals surface area contributed by atoms with E-state index < -0.39 is 23.6 Å². The van der Waals surface area contributed by atoms with Gasteiger partial charge in [-0.3, -0.25) is 19.2 Å². The third kappa shape index (κ3) is 6.71. The molecule has 12 heteroatoms. The van der Waals surface area contributed by atoms with Crippen molar-refractivity contribution in [3.8, 4) is 0 Å². The summed E-state index contributed by atoms with van der Waals surface area (Å²) in [4.78, 5) is 53.5. The van der Waals surface area contributed by atoms with Gasteiger partial charge >= 0.3 is 0 Å². The monoisotopic (exact) mass is 614 g/mol. The van der Waals surface area contributed by atoms with Gasteiger partial charge in [0.1, 0.15) is 0 Å². The predicted molar refractivity (Wildman–Crippen MR) is 182 cm³/mol. The van der Waals surface area contributed by atoms with Crippen LogP contribution in [0.1, 0.15) is 41.4 Å². The van der Waals surface area contributed by atoms with Crippen LogP contribution in [0.4, 0.5) is 45.5 Å². The van der Waals surface area contributed by atoms with E-state index in [9.17, 15) is 19.2 Å². The van der Waals surface area contributed by atoms with E-state index >= 15 is 0 Å². The smallest absolute Gasteiger partial charge is 0.257 e. The van der Waals surface area contributed by atoms with Crippen molar-refractivity contribution >= 4 is 69.1 Å². The van der Waals surface area contributed by atoms with E-state index in [2.05, 4.69) is 21.3 Å². The Labute approximate surface area is 263 Å². The summed E-state index contributed by atoms with van der Waals surface area (Å²) >= 11 is 0. The van der Waals surface area contributed by atoms with Crippen molar-refractivity contribution in [2.75, 3.05) is 44.2 Å². The molecule has 0 heterocycles. The first kappa shape index (κ1) is 30.6. The molecule has 5 aromatic carbocycles. The van der Waals surface area contributed by atoms with E-state index in [0.717, 1.165) is 0 Å². The van der Waals surface area contributed by atoms with E-state index in [1.807, 2.05) is 0 Å². The van der Waals surface area contributed by atoms with Crippen molar-refractivity contribution in [1.29, 1.82) is 0 Å². The number of nitrogen functional groups attached to an aromatic ring is 4. The van der Waals surface area contributed by atoms with E-state index in [1.54, 1.807) is 72.8 Å². The summed E-state index contributed by atoms with van der Waals surface area (Å²) in [5.41, 5.74) is 26.0. The number of anilines is 8. The van der Waals surface area contributed by atoms with Crippen LogP contribution in [0.3, 0.4) is 0 Å². The summed E-state index contributed by atoms with van der Waals surface area (Å²) in [6.45, 7) is 0. The Kier molecular flexibility index (Phi) is 8.80. The van der Waals surface area contributed by atoms with E-state index in [0.29, 0.717) is 0 Å². The molecular weight excluding hydrogens is 584 g/mol. The molecule has 0 aliphatic carbocycles. The van der Waals surface area contributed by atoms with Crippen LogP contribution in [0.25, 0.3) is 0 Å². The van der Waals surface area contributed by atoms with E-state index in [-0.39, 0.29) is 67.8 Å². The average Bonchev–Trinajstić information content (AvgIpc) is 3.03. The third-order valence-electron chi connectivity index (χ3n) is 6.97. The van der Waals surface area contributed by atoms with Crippen molar-refractivity contribution in [1.82, 2.24) is 0 Å². The summed E-state index contributed by atoms with van der Waals surface area (Å²) in [6.07, 6.45) is 0. The number of benzene rings is 5. The van der Waals surface area contributed by atoms with E-state index in [1.165, 1.54) is 36.4 Å². The van der Waals surface area contributed by atoms with Gasteiger partial charge in [0, 0.05) is 22.7 Å². The van der Waals surface area contributed by atoms with Crippen LogP contribution >= 0.6 is 0 Å². The molecule has 12 N–H and O–H groups in total. The SMILES string of the molecule is Nc1ccccc1C(=O)Nc1cc(NC(=O)c2ccccc2N)c(NC(=O)c2ccccc2N)cc1NC(=O)c1ccccc1N. The summed E-state index contributed by atoms with van der Waals surface area (Å²) in [5.74, 6) is -2.37. The Bertz CT molecular complexity index is 1710. The van der Waals surface area contributed by atoms with Gasteiger partial charge < -0.3 is 44.2 Å². The zero-order valence-electron chi connectivity index (χ0n) is 24.3. The van der Waals surface area contributed by atoms with Gasteiger partial charge in [-0.25, -0.2) is 0 Å². The second-order valence-electron chi connectivity index (χ2n) is 10.1. The zero-order valence-corrected chi connectivity index (χ0v) is 24.3. The highest BCUT2D eigenvalue weighted by atomic mass is 16.2. The minimum Gasteiger partial charge on any atom is -0.398 e. The second kappa shape index (κ2) is 13.2. The molecule has 0 aliphatic rings. The molecule has 0 atom stereocenters. The van der Waals surface area contributed by atoms with Crippen molar-refractivity contribution in [3.63, 3.8) is 0 Å². The number of hydrogen-bond donors (Lipinski definition) is 8. The van der Waals surface area contributed by atoms with Crippen LogP contribution in [0.5, 0.6) is 0 Å². The van der Waals surface area contributed by atoms with Crippen molar-refractivity contribution in [2.24, 2.45) is 0 Å². The molecule has 0 saturated heterocycles. The minimum atomic E-state index is -0.591. The first-order chi connectivity index (χ1) is 22.1. The molecule has 0 aromatic heterocycles. The molecule has 0 bridgehead atoms. The maximum absolute atomic E-state index is 13.4. The predicted octanol–water partition coefficient (Wildman–Crippen LogP) is 5.02. The maximum Gasteiger partial charge on any atom is 0.257 e. The normalized spacial score (nSPS) is 10.4. The molecule has 0 aliphatic heterocycles. The summed E-state index contributed by atoms with van der Waals surface area (Å²) < 4.78 is 0. The van der Waals surface area contributed by atoms with Crippen LogP contribution in [-0.4, -0.2) is 23.6 Å². The van der Waals surface area contributed by atoms with Crippen LogP contribution in [0.2, 0.25) is 0 Å². The molecular formula is C34H30N8O4. The lowest BCUT2D eigenvalue weighted by molar-refractivity contribution is 0.101. The number of rotatable bonds is 8. The Morgan fingerprint density at radius 1 is 0.348 bits per heavy atom. The lowest BCUT2D eigenvalue weighted by Gasteiger charge is -2.20. The quantitative estimate of drug-likeness (QED) is 0.111. The number of nitrogens with one attached hydrogen (secondary N) is 4. The Balaban J connectivity index is 1.62. The van der Waals surface area contributed by atoms with Crippen molar-refractivity contribution in [3.05, 3.63) is 131 Å². The molecule has 0 unspecified atom stereocenters. The van der Waals surface area contributed by atoms with Gasteiger partial charge in [0.25, 0.3) is 23.6 Å². The molecule has 230 valence electrons. The number of carbonyl (C=O) groups is 4. The standard InChI is InChI=1S/C34H30N8O4/c35-23-13-5-1-9-19(23)31(43)39-27-17-29(41-33(45)21-11-3-7-15-25(21)37)30(42-34(46)22-12-4-8-16-26(22)38)18-28(27)40-32(44)20-10-2-6-14-24(20)36/h1-18H,35-38H2,(H,39,43)(H,40,44)(H,41,45)(H,42,46). The second-order valence-corrected chi connectivity index (χ2v) is 10.1. The van der Waals surface area contributed by atoms with Gasteiger partial charge in [-0.1, -0.05) is 48.5 Å². The number of hydrogen-bond acceptors (Lipinski definition) is 8. The van der Waals surface area contributed by atoms with Gasteiger partial charge in [-0.15, -0.1) is 0 Å². The number of para-hydroxylation sites is 4. The topological polar surface area (TPSA) is 220 Å². The Morgan fingerprint density at radius 3 is 0.739 bits per heavy atom. The Hall–Kier alpha value is -6.82. The van der Waals surface area contributed by atoms with Gasteiger partial charge in [-0.2, -0.15) is 0 Å². The maximum atomic E-state index is 13.4. The fourth-order valence-corrected chi connectivity index (χ4v) is 4.59. The molecule has 5 aromatic rings. The molecule has 46 heavy (non-hydrogen) atoms. The molecule has 4 amide bonds. The largest absolute Gasteiger partial charge is 0.398 e. The van der Waals surface area contributed by atoms with Gasteiger partial charge in [0.2, 0.25) is 0 Å². The molecule has 12 nitrogen and oxygen atoms in total. The van der Waals surface area contributed by atoms with Crippen molar-refractivity contribution in [2.45, 2.75) is 0 Å². The zero-order chi connectivity index (χ0) is 32.8. The van der Waals surface area contributed by atoms with E-state index in [4.69, 9.17) is 22.9 Å². The average molecular weight is 615 g/mol. The summed E-state index contributed by atoms with van der Waals surface area (Å²) in [7, 11) is 0. The van der Waals surface area contributed by atoms with Gasteiger partial charge in [-0.05, 0) is 60.7 Å². The van der Waals surface area contributed by atoms with Crippen LogP contribution in [0.15, 0.2) is 109 Å². The number of amides is 4. The first-order valence-corrected chi connectivity index (χ1v) is 13.9. The molecule has 0 fully saturated rings. The lowest BCUT2D eigenvalue weighted by atomic mass is 10.1. The lowest BCUT2D eigenvalue weighted by Crippen LogP contribution is -2.21. The fourth-order valence-electron chi connectivity index (χ4n) is 4.59. The summed E-state index contributed by atoms with van der Waals surface area (Å²) in [6, 6.07) is 28.5. The highest BCUT2D eigenvalue weighted by Crippen LogP contribution is 2.36. The molecule has 5 rings (SSSR count). The number of nitrogens with two attached hydrogens (primary N) is 4. The first-order valence-electron chi connectivity index (χ1n) is 13.9. The Morgan fingerprint density at radius 2 is 0.543 bits per heavy atom. The minimum absolute atomic E-state index is 0.0738. The highest BCUT2D eigenvalue weighted by Gasteiger charge is 2.21. The van der Waals surface area contributed by atoms with Crippen molar-refractivity contribution < 1.29 is 19.2 Å². The third-order valence-corrected chi connectivity index (χ3v) is 6.97. The van der Waals surface area contributed by atoms with Gasteiger partial charge in [0.05, 0.1) is 45.0 Å². The number of carbonyl (C=O) groups excluding carboxylic acids is 4. The van der Waals surface area contributed by atoms with Crippen LogP contribution < -0.4 is 44.2 Å². The highest BCUT2D eigenvalue weighted by molar-refractivity contribution is 6.17. The molecule has 0 spiro atoms. The summed E-state index contributed by atoms with van der Waals surface area (Å²) in [5, 5.41) is 11.0. The molecule has 0 saturated carbocycles. The van der Waals surface area contributed by atoms with Gasteiger partial charge in [0.15, 0.2) is 0 Å². The van der Waals surface area contributed by atoms with Crippen LogP contribution in [0, 0.1) is 0 Å². The molecule has 0 radical (unpaired) electrons. The fraction of sp³-hybridized carbons (Fsp3) is 0.